The topological polar surface area (TPSA) is 70.7 Å². The minimum absolute atomic E-state index is 0.0260. The molecule has 6 heteroatoms. The lowest BCUT2D eigenvalue weighted by atomic mass is 10.1. The Morgan fingerprint density at radius 1 is 1.41 bits per heavy atom. The van der Waals surface area contributed by atoms with Gasteiger partial charge in [0.2, 0.25) is 5.91 Å². The second-order valence-electron chi connectivity index (χ2n) is 4.68. The summed E-state index contributed by atoms with van der Waals surface area (Å²) >= 11 is 0. The highest BCUT2D eigenvalue weighted by Crippen LogP contribution is 2.13. The molecule has 6 nitrogen and oxygen atoms in total. The van der Waals surface area contributed by atoms with Crippen molar-refractivity contribution in [3.05, 3.63) is 0 Å². The number of hydrogen-bond acceptors (Lipinski definition) is 5. The van der Waals surface area contributed by atoms with E-state index in [4.69, 9.17) is 4.74 Å². The van der Waals surface area contributed by atoms with E-state index < -0.39 is 6.04 Å². The van der Waals surface area contributed by atoms with Gasteiger partial charge in [-0.2, -0.15) is 0 Å². The Morgan fingerprint density at radius 3 is 2.71 bits per heavy atom. The molecule has 1 amide bonds. The number of carbonyl (C=O) groups is 2. The number of piperidine rings is 1. The number of nitrogens with zero attached hydrogens (tertiary/aromatic N) is 1. The van der Waals surface area contributed by atoms with Gasteiger partial charge in [-0.05, 0) is 19.9 Å². The zero-order valence-electron chi connectivity index (χ0n) is 10.1. The smallest absolute Gasteiger partial charge is 0.325 e. The van der Waals surface area contributed by atoms with Crippen LogP contribution in [0.4, 0.5) is 0 Å². The Morgan fingerprint density at radius 2 is 2.12 bits per heavy atom. The predicted molar refractivity (Wildman–Crippen MR) is 61.4 cm³/mol. The highest BCUT2D eigenvalue weighted by atomic mass is 16.5. The first-order chi connectivity index (χ1) is 8.15. The van der Waals surface area contributed by atoms with Crippen LogP contribution in [-0.4, -0.2) is 62.1 Å². The number of esters is 1. The van der Waals surface area contributed by atoms with Gasteiger partial charge in [0, 0.05) is 19.6 Å². The molecule has 2 aliphatic heterocycles. The summed E-state index contributed by atoms with van der Waals surface area (Å²) in [4.78, 5) is 25.0. The second kappa shape index (κ2) is 5.46. The van der Waals surface area contributed by atoms with Crippen molar-refractivity contribution in [3.63, 3.8) is 0 Å². The third kappa shape index (κ3) is 3.41. The summed E-state index contributed by atoms with van der Waals surface area (Å²) < 4.78 is 5.43. The SMILES string of the molecule is CN1CCC(OC(=O)C2CNC(=O)CN2)CC1. The van der Waals surface area contributed by atoms with Crippen LogP contribution in [0.5, 0.6) is 0 Å². The molecule has 0 saturated carbocycles. The lowest BCUT2D eigenvalue weighted by molar-refractivity contribution is -0.154. The van der Waals surface area contributed by atoms with Gasteiger partial charge in [0.25, 0.3) is 0 Å². The molecule has 0 aromatic heterocycles. The number of carbonyl (C=O) groups excluding carboxylic acids is 2. The molecule has 2 heterocycles. The summed E-state index contributed by atoms with van der Waals surface area (Å²) in [6, 6.07) is -0.396. The zero-order valence-corrected chi connectivity index (χ0v) is 10.1. The fraction of sp³-hybridized carbons (Fsp3) is 0.818. The summed E-state index contributed by atoms with van der Waals surface area (Å²) in [6.45, 7) is 2.44. The zero-order chi connectivity index (χ0) is 12.3. The van der Waals surface area contributed by atoms with Gasteiger partial charge in [-0.15, -0.1) is 0 Å². The molecule has 1 unspecified atom stereocenters. The molecule has 2 aliphatic rings. The molecule has 0 aliphatic carbocycles. The summed E-state index contributed by atoms with van der Waals surface area (Å²) in [5.74, 6) is -0.326. The Kier molecular flexibility index (Phi) is 3.96. The summed E-state index contributed by atoms with van der Waals surface area (Å²) in [5.41, 5.74) is 0. The predicted octanol–water partition coefficient (Wildman–Crippen LogP) is -1.29. The van der Waals surface area contributed by atoms with Crippen LogP contribution in [0.3, 0.4) is 0 Å². The normalized spacial score (nSPS) is 27.6. The number of likely N-dealkylation sites (tertiary alicyclic amines) is 1. The first-order valence-corrected chi connectivity index (χ1v) is 6.04. The van der Waals surface area contributed by atoms with Crippen LogP contribution in [0.25, 0.3) is 0 Å². The molecule has 2 rings (SSSR count). The average molecular weight is 241 g/mol. The van der Waals surface area contributed by atoms with Crippen molar-refractivity contribution in [2.45, 2.75) is 25.0 Å². The molecule has 2 N–H and O–H groups in total. The average Bonchev–Trinajstić information content (AvgIpc) is 2.33. The minimum Gasteiger partial charge on any atom is -0.461 e. The third-order valence-corrected chi connectivity index (χ3v) is 3.25. The quantitative estimate of drug-likeness (QED) is 0.589. The summed E-state index contributed by atoms with van der Waals surface area (Å²) in [7, 11) is 2.07. The fourth-order valence-electron chi connectivity index (χ4n) is 2.08. The number of rotatable bonds is 2. The summed E-state index contributed by atoms with van der Waals surface area (Å²) in [5, 5.41) is 5.52. The number of hydrogen-bond donors (Lipinski definition) is 2. The van der Waals surface area contributed by atoms with Gasteiger partial charge in [-0.25, -0.2) is 0 Å². The highest BCUT2D eigenvalue weighted by Gasteiger charge is 2.28. The monoisotopic (exact) mass is 241 g/mol. The molecule has 0 aromatic rings. The Labute approximate surface area is 101 Å². The van der Waals surface area contributed by atoms with Crippen LogP contribution in [0.1, 0.15) is 12.8 Å². The van der Waals surface area contributed by atoms with Crippen LogP contribution in [0, 0.1) is 0 Å². The summed E-state index contributed by atoms with van der Waals surface area (Å²) in [6.07, 6.45) is 1.81. The molecule has 0 radical (unpaired) electrons. The van der Waals surface area contributed by atoms with E-state index in [0.29, 0.717) is 6.54 Å². The molecule has 2 fully saturated rings. The Bertz CT molecular complexity index is 290. The molecule has 96 valence electrons. The first-order valence-electron chi connectivity index (χ1n) is 6.04. The lowest BCUT2D eigenvalue weighted by Crippen LogP contribution is -2.56. The van der Waals surface area contributed by atoms with Gasteiger partial charge < -0.3 is 15.0 Å². The van der Waals surface area contributed by atoms with Crippen molar-refractivity contribution >= 4 is 11.9 Å². The highest BCUT2D eigenvalue weighted by molar-refractivity contribution is 5.83. The van der Waals surface area contributed by atoms with E-state index in [0.717, 1.165) is 25.9 Å². The largest absolute Gasteiger partial charge is 0.461 e. The van der Waals surface area contributed by atoms with Crippen molar-refractivity contribution in [1.29, 1.82) is 0 Å². The Hall–Kier alpha value is -1.14. The number of amides is 1. The lowest BCUT2D eigenvalue weighted by Gasteiger charge is -2.30. The van der Waals surface area contributed by atoms with E-state index in [9.17, 15) is 9.59 Å². The van der Waals surface area contributed by atoms with Crippen molar-refractivity contribution in [3.8, 4) is 0 Å². The van der Waals surface area contributed by atoms with Gasteiger partial charge in [-0.1, -0.05) is 0 Å². The molecule has 0 spiro atoms. The van der Waals surface area contributed by atoms with Gasteiger partial charge in [-0.3, -0.25) is 14.9 Å². The van der Waals surface area contributed by atoms with Crippen LogP contribution in [-0.2, 0) is 14.3 Å². The van der Waals surface area contributed by atoms with Gasteiger partial charge in [0.05, 0.1) is 6.54 Å². The van der Waals surface area contributed by atoms with Gasteiger partial charge in [0.1, 0.15) is 12.1 Å². The third-order valence-electron chi connectivity index (χ3n) is 3.25. The number of piperazine rings is 1. The first kappa shape index (κ1) is 12.3. The van der Waals surface area contributed by atoms with E-state index >= 15 is 0 Å². The molecule has 0 aromatic carbocycles. The van der Waals surface area contributed by atoms with Crippen LogP contribution in [0.15, 0.2) is 0 Å². The maximum atomic E-state index is 11.8. The molecule has 1 atom stereocenters. The van der Waals surface area contributed by atoms with Gasteiger partial charge >= 0.3 is 5.97 Å². The van der Waals surface area contributed by atoms with E-state index in [1.165, 1.54) is 0 Å². The van der Waals surface area contributed by atoms with E-state index in [2.05, 4.69) is 22.6 Å². The molecule has 0 bridgehead atoms. The van der Waals surface area contributed by atoms with Crippen LogP contribution in [0.2, 0.25) is 0 Å². The van der Waals surface area contributed by atoms with Crippen LogP contribution < -0.4 is 10.6 Å². The van der Waals surface area contributed by atoms with Crippen molar-refractivity contribution in [1.82, 2.24) is 15.5 Å². The number of ether oxygens (including phenoxy) is 1. The second-order valence-corrected chi connectivity index (χ2v) is 4.68. The molecular weight excluding hydrogens is 222 g/mol. The maximum absolute atomic E-state index is 11.8. The standard InChI is InChI=1S/C11H19N3O3/c1-14-4-2-8(3-5-14)17-11(16)9-6-13-10(15)7-12-9/h8-9,12H,2-7H2,1H3,(H,13,15). The van der Waals surface area contributed by atoms with Crippen molar-refractivity contribution < 1.29 is 14.3 Å². The molecular formula is C11H19N3O3. The van der Waals surface area contributed by atoms with E-state index in [1.807, 2.05) is 0 Å². The van der Waals surface area contributed by atoms with Gasteiger partial charge in [0.15, 0.2) is 0 Å². The van der Waals surface area contributed by atoms with Crippen molar-refractivity contribution in [2.24, 2.45) is 0 Å². The maximum Gasteiger partial charge on any atom is 0.325 e. The van der Waals surface area contributed by atoms with E-state index in [1.54, 1.807) is 0 Å². The minimum atomic E-state index is -0.396. The Balaban J connectivity index is 1.75. The molecule has 2 saturated heterocycles. The number of nitrogens with one attached hydrogen (secondary N) is 2. The fourth-order valence-corrected chi connectivity index (χ4v) is 2.08. The molecule has 17 heavy (non-hydrogen) atoms. The van der Waals surface area contributed by atoms with Crippen molar-refractivity contribution in [2.75, 3.05) is 33.2 Å². The van der Waals surface area contributed by atoms with E-state index in [-0.39, 0.29) is 24.5 Å². The van der Waals surface area contributed by atoms with Crippen LogP contribution >= 0.6 is 0 Å².